The molecule has 1 N–H and O–H groups in total. The Morgan fingerprint density at radius 3 is 2.12 bits per heavy atom. The second-order valence-electron chi connectivity index (χ2n) is 11.4. The van der Waals surface area contributed by atoms with E-state index < -0.39 is 39.5 Å². The van der Waals surface area contributed by atoms with Gasteiger partial charge in [-0.2, -0.15) is 0 Å². The minimum atomic E-state index is -3.72. The van der Waals surface area contributed by atoms with E-state index in [0.29, 0.717) is 18.5 Å². The van der Waals surface area contributed by atoms with Crippen LogP contribution in [-0.4, -0.2) is 38.1 Å². The Hall–Kier alpha value is -4.43. The van der Waals surface area contributed by atoms with Crippen LogP contribution in [0.4, 0.5) is 10.5 Å². The molecule has 0 aromatic heterocycles. The van der Waals surface area contributed by atoms with Crippen LogP contribution in [0.15, 0.2) is 120 Å². The molecule has 0 saturated heterocycles. The van der Waals surface area contributed by atoms with E-state index in [0.717, 1.165) is 21.7 Å². The lowest BCUT2D eigenvalue weighted by Crippen LogP contribution is -2.51. The molecule has 0 saturated carbocycles. The van der Waals surface area contributed by atoms with Crippen molar-refractivity contribution in [1.82, 2.24) is 5.32 Å². The summed E-state index contributed by atoms with van der Waals surface area (Å²) < 4.78 is 31.7. The molecule has 0 radical (unpaired) electrons. The van der Waals surface area contributed by atoms with Gasteiger partial charge < -0.3 is 10.1 Å². The van der Waals surface area contributed by atoms with Crippen molar-refractivity contribution in [2.24, 2.45) is 0 Å². The van der Waals surface area contributed by atoms with E-state index in [-0.39, 0.29) is 4.90 Å². The summed E-state index contributed by atoms with van der Waals surface area (Å²) in [5.74, 6) is -0.446. The molecule has 0 fully saturated rings. The lowest BCUT2D eigenvalue weighted by molar-refractivity contribution is -0.122. The van der Waals surface area contributed by atoms with Crippen molar-refractivity contribution in [3.63, 3.8) is 0 Å². The molecular formula is C35H38N2O5S. The van der Waals surface area contributed by atoms with Gasteiger partial charge >= 0.3 is 6.09 Å². The molecule has 2 amide bonds. The Morgan fingerprint density at radius 2 is 1.47 bits per heavy atom. The maximum absolute atomic E-state index is 13.8. The van der Waals surface area contributed by atoms with Gasteiger partial charge in [-0.05, 0) is 81.1 Å². The molecule has 43 heavy (non-hydrogen) atoms. The summed E-state index contributed by atoms with van der Waals surface area (Å²) in [5, 5.41) is 6.02. The number of nitrogens with zero attached hydrogens (tertiary/aromatic N) is 1. The van der Waals surface area contributed by atoms with Crippen LogP contribution < -0.4 is 10.2 Å². The van der Waals surface area contributed by atoms with Crippen LogP contribution in [0.1, 0.15) is 39.7 Å². The molecule has 0 spiro atoms. The van der Waals surface area contributed by atoms with Gasteiger partial charge in [0.15, 0.2) is 9.84 Å². The standard InChI is InChI=1S/C35H38N2O5S/c1-26(37(34(39)42-35(2,3)4)31-22-20-28-15-11-12-16-29(28)25-31)33(38)36-30(21-19-27-13-7-5-8-14-27)23-24-43(40,41)32-17-9-6-10-18-32/h5-18,20,22-26,30H,19,21H2,1-4H3,(H,36,38)/b24-23+/t26-,30-/m0/s1. The van der Waals surface area contributed by atoms with Gasteiger partial charge in [-0.25, -0.2) is 13.2 Å². The summed E-state index contributed by atoms with van der Waals surface area (Å²) in [4.78, 5) is 28.8. The molecule has 0 heterocycles. The van der Waals surface area contributed by atoms with Crippen molar-refractivity contribution in [3.05, 3.63) is 120 Å². The average molecular weight is 599 g/mol. The summed E-state index contributed by atoms with van der Waals surface area (Å²) >= 11 is 0. The lowest BCUT2D eigenvalue weighted by Gasteiger charge is -2.32. The van der Waals surface area contributed by atoms with Crippen molar-refractivity contribution >= 4 is 38.3 Å². The predicted molar refractivity (Wildman–Crippen MR) is 172 cm³/mol. The van der Waals surface area contributed by atoms with E-state index in [2.05, 4.69) is 5.32 Å². The van der Waals surface area contributed by atoms with Crippen molar-refractivity contribution < 1.29 is 22.7 Å². The Labute approximate surface area is 254 Å². The van der Waals surface area contributed by atoms with Gasteiger partial charge in [0.2, 0.25) is 5.91 Å². The number of ether oxygens (including phenoxy) is 1. The van der Waals surface area contributed by atoms with Crippen LogP contribution >= 0.6 is 0 Å². The molecule has 8 heteroatoms. The molecule has 4 rings (SSSR count). The number of sulfone groups is 1. The fourth-order valence-corrected chi connectivity index (χ4v) is 5.71. The number of carbonyl (C=O) groups excluding carboxylic acids is 2. The van der Waals surface area contributed by atoms with Crippen LogP contribution in [0.3, 0.4) is 0 Å². The van der Waals surface area contributed by atoms with Crippen molar-refractivity contribution in [2.45, 2.75) is 63.1 Å². The number of fused-ring (bicyclic) bond motifs is 1. The lowest BCUT2D eigenvalue weighted by atomic mass is 10.0. The molecule has 7 nitrogen and oxygen atoms in total. The quantitative estimate of drug-likeness (QED) is 0.211. The van der Waals surface area contributed by atoms with Crippen molar-refractivity contribution in [2.75, 3.05) is 4.90 Å². The summed E-state index contributed by atoms with van der Waals surface area (Å²) in [6, 6.07) is 29.6. The third-order valence-corrected chi connectivity index (χ3v) is 8.29. The van der Waals surface area contributed by atoms with Gasteiger partial charge in [-0.3, -0.25) is 9.69 Å². The number of nitrogens with one attached hydrogen (secondary N) is 1. The highest BCUT2D eigenvalue weighted by Gasteiger charge is 2.32. The number of anilines is 1. The van der Waals surface area contributed by atoms with Crippen LogP contribution in [0.5, 0.6) is 0 Å². The van der Waals surface area contributed by atoms with Gasteiger partial charge in [0.1, 0.15) is 11.6 Å². The second-order valence-corrected chi connectivity index (χ2v) is 13.2. The first-order chi connectivity index (χ1) is 20.4. The number of hydrogen-bond acceptors (Lipinski definition) is 5. The SMILES string of the molecule is C[C@@H](C(=O)N[C@H](/C=C/S(=O)(=O)c1ccccc1)CCc1ccccc1)N(C(=O)OC(C)(C)C)c1ccc2ccccc2c1. The number of benzene rings is 4. The number of carbonyl (C=O) groups is 2. The number of hydrogen-bond donors (Lipinski definition) is 1. The normalized spacial score (nSPS) is 13.4. The first-order valence-corrected chi connectivity index (χ1v) is 15.8. The fraction of sp³-hybridized carbons (Fsp3) is 0.257. The number of rotatable bonds is 10. The van der Waals surface area contributed by atoms with Gasteiger partial charge in [0.05, 0.1) is 4.90 Å². The van der Waals surface area contributed by atoms with Crippen LogP contribution in [0.2, 0.25) is 0 Å². The molecule has 0 aliphatic carbocycles. The van der Waals surface area contributed by atoms with Crippen molar-refractivity contribution in [3.8, 4) is 0 Å². The van der Waals surface area contributed by atoms with Crippen LogP contribution in [0.25, 0.3) is 10.8 Å². The molecular weight excluding hydrogens is 560 g/mol. The maximum Gasteiger partial charge on any atom is 0.415 e. The molecule has 4 aromatic rings. The van der Waals surface area contributed by atoms with E-state index in [1.807, 2.05) is 66.7 Å². The molecule has 0 aliphatic rings. The van der Waals surface area contributed by atoms with E-state index in [1.54, 1.807) is 52.0 Å². The van der Waals surface area contributed by atoms with E-state index >= 15 is 0 Å². The highest BCUT2D eigenvalue weighted by atomic mass is 32.2. The van der Waals surface area contributed by atoms with Gasteiger partial charge in [0, 0.05) is 17.1 Å². The smallest absolute Gasteiger partial charge is 0.415 e. The Bertz CT molecular complexity index is 1680. The van der Waals surface area contributed by atoms with E-state index in [9.17, 15) is 18.0 Å². The Morgan fingerprint density at radius 1 is 0.860 bits per heavy atom. The van der Waals surface area contributed by atoms with E-state index in [1.165, 1.54) is 23.1 Å². The topological polar surface area (TPSA) is 92.8 Å². The Kier molecular flexibility index (Phi) is 10.0. The summed E-state index contributed by atoms with van der Waals surface area (Å²) in [6.45, 7) is 6.94. The summed E-state index contributed by atoms with van der Waals surface area (Å²) in [5.41, 5.74) is 0.786. The third kappa shape index (κ3) is 8.78. The molecule has 0 bridgehead atoms. The Balaban J connectivity index is 1.62. The highest BCUT2D eigenvalue weighted by Crippen LogP contribution is 2.26. The zero-order chi connectivity index (χ0) is 31.0. The summed E-state index contributed by atoms with van der Waals surface area (Å²) in [6.07, 6.45) is 1.90. The number of aryl methyl sites for hydroxylation is 1. The molecule has 224 valence electrons. The first kappa shape index (κ1) is 31.5. The number of amides is 2. The zero-order valence-corrected chi connectivity index (χ0v) is 25.8. The fourth-order valence-electron chi connectivity index (χ4n) is 4.62. The second kappa shape index (κ2) is 13.7. The van der Waals surface area contributed by atoms with Crippen molar-refractivity contribution in [1.29, 1.82) is 0 Å². The van der Waals surface area contributed by atoms with E-state index in [4.69, 9.17) is 4.74 Å². The van der Waals surface area contributed by atoms with Crippen LogP contribution in [-0.2, 0) is 25.8 Å². The zero-order valence-electron chi connectivity index (χ0n) is 24.9. The minimum absolute atomic E-state index is 0.167. The first-order valence-electron chi connectivity index (χ1n) is 14.3. The average Bonchev–Trinajstić information content (AvgIpc) is 2.98. The highest BCUT2D eigenvalue weighted by molar-refractivity contribution is 7.94. The predicted octanol–water partition coefficient (Wildman–Crippen LogP) is 7.08. The van der Waals surface area contributed by atoms with Gasteiger partial charge in [-0.1, -0.05) is 84.9 Å². The van der Waals surface area contributed by atoms with Gasteiger partial charge in [-0.15, -0.1) is 0 Å². The monoisotopic (exact) mass is 598 g/mol. The molecule has 4 aromatic carbocycles. The molecule has 0 unspecified atom stereocenters. The largest absolute Gasteiger partial charge is 0.443 e. The molecule has 0 aliphatic heterocycles. The third-order valence-electron chi connectivity index (χ3n) is 6.84. The van der Waals surface area contributed by atoms with Crippen LogP contribution in [0, 0.1) is 0 Å². The summed E-state index contributed by atoms with van der Waals surface area (Å²) in [7, 11) is -3.72. The molecule has 2 atom stereocenters. The van der Waals surface area contributed by atoms with Gasteiger partial charge in [0.25, 0.3) is 0 Å². The minimum Gasteiger partial charge on any atom is -0.443 e. The maximum atomic E-state index is 13.8.